The maximum absolute atomic E-state index is 13.4. The van der Waals surface area contributed by atoms with Crippen LogP contribution >= 0.6 is 0 Å². The van der Waals surface area contributed by atoms with Gasteiger partial charge in [-0.25, -0.2) is 4.79 Å². The molecule has 1 aliphatic carbocycles. The Kier molecular flexibility index (Phi) is 5.54. The minimum atomic E-state index is -6.06. The zero-order chi connectivity index (χ0) is 19.9. The maximum Gasteiger partial charge on any atom is 0.465 e. The first-order valence-corrected chi connectivity index (χ1v) is 8.77. The van der Waals surface area contributed by atoms with E-state index in [4.69, 9.17) is 9.29 Å². The molecule has 1 N–H and O–H groups in total. The third kappa shape index (κ3) is 3.50. The van der Waals surface area contributed by atoms with Crippen molar-refractivity contribution >= 4 is 28.0 Å². The number of methoxy groups -OCH3 is 1. The van der Waals surface area contributed by atoms with Gasteiger partial charge >= 0.3 is 33.3 Å². The summed E-state index contributed by atoms with van der Waals surface area (Å²) in [4.78, 5) is 35.6. The van der Waals surface area contributed by atoms with E-state index in [1.54, 1.807) is 6.92 Å². The van der Waals surface area contributed by atoms with Gasteiger partial charge in [0, 0.05) is 13.0 Å². The molecule has 5 atom stereocenters. The first kappa shape index (κ1) is 20.5. The molecule has 0 radical (unpaired) electrons. The number of esters is 3. The highest BCUT2D eigenvalue weighted by Gasteiger charge is 2.61. The van der Waals surface area contributed by atoms with Gasteiger partial charge in [-0.05, 0) is 12.3 Å². The lowest BCUT2D eigenvalue weighted by Crippen LogP contribution is -2.52. The number of carbonyl (C=O) groups excluding carboxylic acids is 3. The van der Waals surface area contributed by atoms with Crippen LogP contribution in [0, 0.1) is 17.8 Å². The smallest absolute Gasteiger partial charge is 0.457 e. The topological polar surface area (TPSA) is 142 Å². The Hall–Kier alpha value is -1.86. The summed E-state index contributed by atoms with van der Waals surface area (Å²) in [7, 11) is -4.83. The van der Waals surface area contributed by atoms with Gasteiger partial charge in [-0.3, -0.25) is 14.1 Å². The summed E-state index contributed by atoms with van der Waals surface area (Å²) in [6.45, 7) is 1.10. The molecular formula is C13H16F2O10S. The van der Waals surface area contributed by atoms with E-state index < -0.39 is 70.0 Å². The van der Waals surface area contributed by atoms with Crippen molar-refractivity contribution in [3.63, 3.8) is 0 Å². The molecule has 0 aromatic heterocycles. The molecule has 1 aliphatic heterocycles. The molecule has 26 heavy (non-hydrogen) atoms. The molecule has 148 valence electrons. The highest BCUT2D eigenvalue weighted by Crippen LogP contribution is 2.45. The standard InChI is InChI=1S/C13H16F2O10S/c1-5-3-6-7(10(16)23-4-22-2)11(17)24-8(5)9(6)25-12(18)13(14,15)26(19,20)21/h5-9H,3-4H2,1-2H3,(H,19,20,21). The van der Waals surface area contributed by atoms with Crippen molar-refractivity contribution in [2.75, 3.05) is 13.9 Å². The summed E-state index contributed by atoms with van der Waals surface area (Å²) in [6, 6.07) is 0. The summed E-state index contributed by atoms with van der Waals surface area (Å²) in [6.07, 6.45) is -2.54. The summed E-state index contributed by atoms with van der Waals surface area (Å²) in [5, 5.41) is -5.21. The van der Waals surface area contributed by atoms with Crippen molar-refractivity contribution in [3.8, 4) is 0 Å². The molecule has 13 heteroatoms. The summed E-state index contributed by atoms with van der Waals surface area (Å²) in [5.74, 6) is -7.63. The first-order valence-electron chi connectivity index (χ1n) is 7.33. The van der Waals surface area contributed by atoms with E-state index in [0.29, 0.717) is 0 Å². The molecule has 2 rings (SSSR count). The molecular weight excluding hydrogens is 386 g/mol. The number of hydrogen-bond acceptors (Lipinski definition) is 9. The first-order chi connectivity index (χ1) is 11.9. The largest absolute Gasteiger partial charge is 0.465 e. The van der Waals surface area contributed by atoms with E-state index in [0.717, 1.165) is 0 Å². The Morgan fingerprint density at radius 1 is 1.38 bits per heavy atom. The fourth-order valence-corrected chi connectivity index (χ4v) is 3.34. The molecule has 1 saturated carbocycles. The Bertz CT molecular complexity index is 706. The molecule has 0 aromatic rings. The average Bonchev–Trinajstić information content (AvgIpc) is 2.72. The van der Waals surface area contributed by atoms with Crippen LogP contribution in [0.1, 0.15) is 13.3 Å². The maximum atomic E-state index is 13.4. The molecule has 0 amide bonds. The van der Waals surface area contributed by atoms with Gasteiger partial charge in [0.2, 0.25) is 0 Å². The van der Waals surface area contributed by atoms with Gasteiger partial charge in [0.25, 0.3) is 0 Å². The van der Waals surface area contributed by atoms with Gasteiger partial charge in [0.05, 0.1) is 0 Å². The Morgan fingerprint density at radius 2 is 2.00 bits per heavy atom. The molecule has 2 bridgehead atoms. The number of halogens is 2. The number of carbonyl (C=O) groups is 3. The fraction of sp³-hybridized carbons (Fsp3) is 0.769. The van der Waals surface area contributed by atoms with E-state index >= 15 is 0 Å². The Balaban J connectivity index is 2.25. The lowest BCUT2D eigenvalue weighted by atomic mass is 9.87. The zero-order valence-corrected chi connectivity index (χ0v) is 14.4. The quantitative estimate of drug-likeness (QED) is 0.207. The molecule has 1 saturated heterocycles. The fourth-order valence-electron chi connectivity index (χ4n) is 3.09. The number of fused-ring (bicyclic) bond motifs is 2. The lowest BCUT2D eigenvalue weighted by molar-refractivity contribution is -0.201. The third-order valence-electron chi connectivity index (χ3n) is 4.26. The van der Waals surface area contributed by atoms with Crippen LogP contribution in [-0.4, -0.2) is 62.2 Å². The molecule has 2 fully saturated rings. The van der Waals surface area contributed by atoms with Gasteiger partial charge in [-0.1, -0.05) is 6.92 Å². The number of alkyl halides is 2. The van der Waals surface area contributed by atoms with Crippen LogP contribution in [0.25, 0.3) is 0 Å². The van der Waals surface area contributed by atoms with Crippen molar-refractivity contribution in [3.05, 3.63) is 0 Å². The van der Waals surface area contributed by atoms with Crippen LogP contribution in [-0.2, 0) is 43.4 Å². The van der Waals surface area contributed by atoms with Gasteiger partial charge in [0.15, 0.2) is 12.7 Å². The second kappa shape index (κ2) is 7.04. The number of rotatable bonds is 6. The van der Waals surface area contributed by atoms with Gasteiger partial charge in [-0.2, -0.15) is 17.2 Å². The minimum Gasteiger partial charge on any atom is -0.457 e. The molecule has 1 heterocycles. The van der Waals surface area contributed by atoms with E-state index in [1.165, 1.54) is 7.11 Å². The van der Waals surface area contributed by atoms with Crippen molar-refractivity contribution in [2.45, 2.75) is 30.8 Å². The monoisotopic (exact) mass is 402 g/mol. The molecule has 2 aliphatic rings. The molecule has 0 spiro atoms. The van der Waals surface area contributed by atoms with Gasteiger partial charge in [-0.15, -0.1) is 0 Å². The average molecular weight is 402 g/mol. The predicted molar refractivity (Wildman–Crippen MR) is 75.0 cm³/mol. The highest BCUT2D eigenvalue weighted by atomic mass is 32.2. The third-order valence-corrected chi connectivity index (χ3v) is 5.08. The SMILES string of the molecule is COCOC(=O)C1C(=O)OC2C(C)CC1C2OC(=O)C(F)(F)S(=O)(=O)O. The summed E-state index contributed by atoms with van der Waals surface area (Å²) in [5.41, 5.74) is 0. The second-order valence-corrected chi connectivity index (χ2v) is 7.45. The Labute approximate surface area is 146 Å². The van der Waals surface area contributed by atoms with Crippen LogP contribution in [0.2, 0.25) is 0 Å². The van der Waals surface area contributed by atoms with Crippen LogP contribution in [0.3, 0.4) is 0 Å². The number of ether oxygens (including phenoxy) is 4. The predicted octanol–water partition coefficient (Wildman–Crippen LogP) is -0.276. The summed E-state index contributed by atoms with van der Waals surface area (Å²) >= 11 is 0. The second-order valence-electron chi connectivity index (χ2n) is 5.99. The van der Waals surface area contributed by atoms with Crippen LogP contribution in [0.4, 0.5) is 8.78 Å². The van der Waals surface area contributed by atoms with Crippen LogP contribution in [0.5, 0.6) is 0 Å². The lowest BCUT2D eigenvalue weighted by Gasteiger charge is -2.34. The van der Waals surface area contributed by atoms with Crippen molar-refractivity contribution < 1.29 is 55.1 Å². The minimum absolute atomic E-state index is 0.0958. The van der Waals surface area contributed by atoms with E-state index in [2.05, 4.69) is 14.2 Å². The summed E-state index contributed by atoms with van der Waals surface area (Å²) < 4.78 is 75.4. The highest BCUT2D eigenvalue weighted by molar-refractivity contribution is 7.87. The van der Waals surface area contributed by atoms with E-state index in [9.17, 15) is 31.6 Å². The normalized spacial score (nSPS) is 31.3. The van der Waals surface area contributed by atoms with E-state index in [1.807, 2.05) is 0 Å². The van der Waals surface area contributed by atoms with Gasteiger partial charge < -0.3 is 18.9 Å². The number of hydrogen-bond donors (Lipinski definition) is 1. The molecule has 0 aromatic carbocycles. The molecule has 5 unspecified atom stereocenters. The van der Waals surface area contributed by atoms with Crippen LogP contribution in [0.15, 0.2) is 0 Å². The van der Waals surface area contributed by atoms with Crippen molar-refractivity contribution in [2.24, 2.45) is 17.8 Å². The van der Waals surface area contributed by atoms with Crippen LogP contribution < -0.4 is 0 Å². The van der Waals surface area contributed by atoms with Crippen molar-refractivity contribution in [1.29, 1.82) is 0 Å². The zero-order valence-electron chi connectivity index (χ0n) is 13.6. The van der Waals surface area contributed by atoms with Gasteiger partial charge in [0.1, 0.15) is 12.2 Å². The molecule has 10 nitrogen and oxygen atoms in total. The van der Waals surface area contributed by atoms with Crippen molar-refractivity contribution in [1.82, 2.24) is 0 Å². The Morgan fingerprint density at radius 3 is 2.54 bits per heavy atom. The van der Waals surface area contributed by atoms with E-state index in [-0.39, 0.29) is 6.42 Å².